The van der Waals surface area contributed by atoms with E-state index in [1.54, 1.807) is 31.5 Å². The van der Waals surface area contributed by atoms with Crippen LogP contribution in [0.1, 0.15) is 33.6 Å². The zero-order chi connectivity index (χ0) is 20.4. The molecular formula is C22H28N2O4. The van der Waals surface area contributed by atoms with Gasteiger partial charge in [-0.25, -0.2) is 4.79 Å². The lowest BCUT2D eigenvalue weighted by Gasteiger charge is -2.30. The van der Waals surface area contributed by atoms with Crippen molar-refractivity contribution < 1.29 is 19.0 Å². The normalized spacial score (nSPS) is 14.9. The largest absolute Gasteiger partial charge is 0.497 e. The highest BCUT2D eigenvalue weighted by Gasteiger charge is 2.50. The van der Waals surface area contributed by atoms with E-state index in [0.717, 1.165) is 29.7 Å². The summed E-state index contributed by atoms with van der Waals surface area (Å²) in [5, 5.41) is 0. The Balaban J connectivity index is 1.65. The number of hydrogen-bond donors (Lipinski definition) is 0. The number of carbonyl (C=O) groups excluding carboxylic acids is 1. The van der Waals surface area contributed by atoms with Crippen LogP contribution in [-0.4, -0.2) is 47.9 Å². The summed E-state index contributed by atoms with van der Waals surface area (Å²) in [6.07, 6.45) is 4.96. The topological polar surface area (TPSA) is 60.9 Å². The average Bonchev–Trinajstić information content (AvgIpc) is 3.46. The Morgan fingerprint density at radius 3 is 2.36 bits per heavy atom. The van der Waals surface area contributed by atoms with Crippen LogP contribution in [0.4, 0.5) is 4.79 Å². The molecule has 6 nitrogen and oxygen atoms in total. The van der Waals surface area contributed by atoms with Crippen LogP contribution >= 0.6 is 0 Å². The van der Waals surface area contributed by atoms with Crippen LogP contribution in [0, 0.1) is 0 Å². The lowest BCUT2D eigenvalue weighted by atomic mass is 10.1. The van der Waals surface area contributed by atoms with Gasteiger partial charge < -0.3 is 19.1 Å². The molecule has 0 radical (unpaired) electrons. The molecule has 1 fully saturated rings. The molecule has 1 saturated carbocycles. The first-order valence-electron chi connectivity index (χ1n) is 9.42. The van der Waals surface area contributed by atoms with Crippen LogP contribution in [0.5, 0.6) is 11.5 Å². The van der Waals surface area contributed by atoms with Gasteiger partial charge in [0.1, 0.15) is 23.7 Å². The van der Waals surface area contributed by atoms with Crippen LogP contribution in [0.3, 0.4) is 0 Å². The fraction of sp³-hybridized carbons (Fsp3) is 0.455. The van der Waals surface area contributed by atoms with Crippen LogP contribution in [-0.2, 0) is 4.74 Å². The van der Waals surface area contributed by atoms with Crippen molar-refractivity contribution in [1.82, 2.24) is 9.88 Å². The minimum absolute atomic E-state index is 0.307. The molecule has 28 heavy (non-hydrogen) atoms. The molecule has 1 heterocycles. The third-order valence-corrected chi connectivity index (χ3v) is 4.85. The number of benzene rings is 1. The molecule has 1 aromatic carbocycles. The summed E-state index contributed by atoms with van der Waals surface area (Å²) in [6.45, 7) is 6.01. The Hall–Kier alpha value is -2.76. The van der Waals surface area contributed by atoms with E-state index in [9.17, 15) is 4.79 Å². The van der Waals surface area contributed by atoms with Crippen molar-refractivity contribution in [3.05, 3.63) is 42.7 Å². The summed E-state index contributed by atoms with van der Waals surface area (Å²) in [5.74, 6) is 1.49. The van der Waals surface area contributed by atoms with E-state index in [0.29, 0.717) is 12.4 Å². The van der Waals surface area contributed by atoms with Gasteiger partial charge in [0.25, 0.3) is 0 Å². The number of rotatable bonds is 6. The number of likely N-dealkylation sites (N-methyl/N-ethyl adjacent to an activating group) is 1. The average molecular weight is 384 g/mol. The van der Waals surface area contributed by atoms with E-state index < -0.39 is 5.60 Å². The molecule has 0 unspecified atom stereocenters. The molecule has 0 saturated heterocycles. The maximum atomic E-state index is 12.4. The van der Waals surface area contributed by atoms with Gasteiger partial charge in [0.2, 0.25) is 0 Å². The van der Waals surface area contributed by atoms with E-state index >= 15 is 0 Å². The number of methoxy groups -OCH3 is 1. The maximum absolute atomic E-state index is 12.4. The number of pyridine rings is 1. The van der Waals surface area contributed by atoms with Gasteiger partial charge in [0, 0.05) is 18.8 Å². The van der Waals surface area contributed by atoms with Gasteiger partial charge in [-0.05, 0) is 57.4 Å². The number of carbonyl (C=O) groups is 1. The van der Waals surface area contributed by atoms with Crippen molar-refractivity contribution in [2.45, 2.75) is 44.8 Å². The maximum Gasteiger partial charge on any atom is 0.410 e. The zero-order valence-corrected chi connectivity index (χ0v) is 17.2. The van der Waals surface area contributed by atoms with E-state index in [4.69, 9.17) is 14.2 Å². The third-order valence-electron chi connectivity index (χ3n) is 4.85. The quantitative estimate of drug-likeness (QED) is 0.732. The summed E-state index contributed by atoms with van der Waals surface area (Å²) >= 11 is 0. The number of aromatic nitrogens is 1. The van der Waals surface area contributed by atoms with E-state index in [-0.39, 0.29) is 11.6 Å². The molecule has 0 spiro atoms. The molecule has 150 valence electrons. The molecule has 0 bridgehead atoms. The van der Waals surface area contributed by atoms with Crippen LogP contribution in [0.2, 0.25) is 0 Å². The highest BCUT2D eigenvalue weighted by Crippen LogP contribution is 2.42. The van der Waals surface area contributed by atoms with Gasteiger partial charge in [-0.1, -0.05) is 12.1 Å². The Morgan fingerprint density at radius 1 is 1.11 bits per heavy atom. The van der Waals surface area contributed by atoms with Gasteiger partial charge in [0.15, 0.2) is 0 Å². The van der Waals surface area contributed by atoms with Crippen molar-refractivity contribution in [3.63, 3.8) is 0 Å². The summed E-state index contributed by atoms with van der Waals surface area (Å²) in [7, 11) is 3.42. The van der Waals surface area contributed by atoms with Crippen LogP contribution < -0.4 is 9.47 Å². The van der Waals surface area contributed by atoms with Gasteiger partial charge in [-0.15, -0.1) is 0 Å². The smallest absolute Gasteiger partial charge is 0.410 e. The molecule has 3 rings (SSSR count). The molecule has 6 heteroatoms. The summed E-state index contributed by atoms with van der Waals surface area (Å²) < 4.78 is 16.7. The predicted molar refractivity (Wildman–Crippen MR) is 108 cm³/mol. The number of hydrogen-bond acceptors (Lipinski definition) is 5. The second-order valence-corrected chi connectivity index (χ2v) is 8.19. The van der Waals surface area contributed by atoms with Crippen molar-refractivity contribution >= 4 is 6.09 Å². The predicted octanol–water partition coefficient (Wildman–Crippen LogP) is 4.54. The molecule has 0 N–H and O–H groups in total. The lowest BCUT2D eigenvalue weighted by molar-refractivity contribution is 0.0139. The van der Waals surface area contributed by atoms with Crippen LogP contribution in [0.25, 0.3) is 11.1 Å². The molecule has 1 aromatic heterocycles. The Labute approximate surface area is 166 Å². The van der Waals surface area contributed by atoms with Crippen molar-refractivity contribution in [2.75, 3.05) is 20.8 Å². The number of amides is 1. The Kier molecular flexibility index (Phi) is 5.49. The fourth-order valence-corrected chi connectivity index (χ4v) is 2.90. The van der Waals surface area contributed by atoms with E-state index in [2.05, 4.69) is 4.98 Å². The molecule has 2 aromatic rings. The first-order valence-corrected chi connectivity index (χ1v) is 9.42. The summed E-state index contributed by atoms with van der Waals surface area (Å²) in [5.41, 5.74) is 1.17. The molecule has 0 aliphatic heterocycles. The number of nitrogens with zero attached hydrogens (tertiary/aromatic N) is 2. The second-order valence-electron chi connectivity index (χ2n) is 8.19. The first kappa shape index (κ1) is 20.0. The van der Waals surface area contributed by atoms with Gasteiger partial charge in [-0.3, -0.25) is 4.98 Å². The molecular weight excluding hydrogens is 356 g/mol. The summed E-state index contributed by atoms with van der Waals surface area (Å²) in [4.78, 5) is 18.3. The Bertz CT molecular complexity index is 823. The van der Waals surface area contributed by atoms with Gasteiger partial charge in [-0.2, -0.15) is 0 Å². The van der Waals surface area contributed by atoms with E-state index in [1.807, 2.05) is 51.1 Å². The van der Waals surface area contributed by atoms with E-state index in [1.165, 1.54) is 0 Å². The third kappa shape index (κ3) is 4.74. The minimum Gasteiger partial charge on any atom is -0.497 e. The Morgan fingerprint density at radius 2 is 1.79 bits per heavy atom. The molecule has 1 aliphatic rings. The molecule has 1 aliphatic carbocycles. The number of ether oxygens (including phenoxy) is 3. The molecule has 0 atom stereocenters. The van der Waals surface area contributed by atoms with Crippen molar-refractivity contribution in [3.8, 4) is 22.6 Å². The standard InChI is InChI=1S/C22H28N2O4/c1-21(2,3)28-20(25)24(4)22(10-11-22)15-27-19-12-17(13-23-14-19)16-6-8-18(26-5)9-7-16/h6-9,12-14H,10-11,15H2,1-5H3. The fourth-order valence-electron chi connectivity index (χ4n) is 2.90. The van der Waals surface area contributed by atoms with Crippen molar-refractivity contribution in [2.24, 2.45) is 0 Å². The highest BCUT2D eigenvalue weighted by atomic mass is 16.6. The van der Waals surface area contributed by atoms with Crippen LogP contribution in [0.15, 0.2) is 42.7 Å². The highest BCUT2D eigenvalue weighted by molar-refractivity contribution is 5.69. The van der Waals surface area contributed by atoms with Crippen molar-refractivity contribution in [1.29, 1.82) is 0 Å². The first-order chi connectivity index (χ1) is 13.2. The SMILES string of the molecule is COc1ccc(-c2cncc(OCC3(N(C)C(=O)OC(C)(C)C)CC3)c2)cc1. The zero-order valence-electron chi connectivity index (χ0n) is 17.2. The molecule has 1 amide bonds. The second kappa shape index (κ2) is 7.70. The monoisotopic (exact) mass is 384 g/mol. The summed E-state index contributed by atoms with van der Waals surface area (Å²) in [6, 6.07) is 9.75. The minimum atomic E-state index is -0.515. The van der Waals surface area contributed by atoms with Gasteiger partial charge in [0.05, 0.1) is 18.8 Å². The lowest BCUT2D eigenvalue weighted by Crippen LogP contribution is -2.45. The van der Waals surface area contributed by atoms with Gasteiger partial charge >= 0.3 is 6.09 Å².